The van der Waals surface area contributed by atoms with Crippen molar-refractivity contribution in [2.75, 3.05) is 19.0 Å². The lowest BCUT2D eigenvalue weighted by atomic mass is 9.88. The van der Waals surface area contributed by atoms with Crippen LogP contribution in [0, 0.1) is 0 Å². The van der Waals surface area contributed by atoms with Crippen molar-refractivity contribution in [2.24, 2.45) is 0 Å². The van der Waals surface area contributed by atoms with Crippen molar-refractivity contribution in [3.63, 3.8) is 0 Å². The first-order valence-electron chi connectivity index (χ1n) is 14.9. The van der Waals surface area contributed by atoms with E-state index in [1.807, 2.05) is 97.9 Å². The van der Waals surface area contributed by atoms with Gasteiger partial charge in [-0.3, -0.25) is 15.1 Å². The minimum absolute atomic E-state index is 0.0232. The molecule has 11 nitrogen and oxygen atoms in total. The van der Waals surface area contributed by atoms with Gasteiger partial charge in [-0.2, -0.15) is 0 Å². The molecule has 1 aliphatic rings. The van der Waals surface area contributed by atoms with E-state index in [-0.39, 0.29) is 30.3 Å². The number of hydrogen-bond donors (Lipinski definition) is 2. The Hall–Kier alpha value is -4.81. The summed E-state index contributed by atoms with van der Waals surface area (Å²) in [6.45, 7) is 3.07. The summed E-state index contributed by atoms with van der Waals surface area (Å²) in [5, 5.41) is 2.41. The zero-order valence-corrected chi connectivity index (χ0v) is 25.5. The van der Waals surface area contributed by atoms with Gasteiger partial charge in [-0.15, -0.1) is 0 Å². The molecule has 3 aromatic carbocycles. The molecule has 4 unspecified atom stereocenters. The largest absolute Gasteiger partial charge is 0.456 e. The van der Waals surface area contributed by atoms with E-state index in [0.717, 1.165) is 16.7 Å². The third kappa shape index (κ3) is 6.87. The van der Waals surface area contributed by atoms with Crippen molar-refractivity contribution in [3.05, 3.63) is 130 Å². The summed E-state index contributed by atoms with van der Waals surface area (Å²) >= 11 is 0. The number of amides is 1. The van der Waals surface area contributed by atoms with Crippen molar-refractivity contribution in [1.82, 2.24) is 9.97 Å². The van der Waals surface area contributed by atoms with Crippen LogP contribution in [-0.2, 0) is 43.5 Å². The maximum atomic E-state index is 12.9. The molecule has 3 heterocycles. The topological polar surface area (TPSA) is 134 Å². The minimum atomic E-state index is -1.11. The molecule has 0 aliphatic carbocycles. The van der Waals surface area contributed by atoms with Crippen molar-refractivity contribution >= 4 is 23.1 Å². The van der Waals surface area contributed by atoms with E-state index in [0.29, 0.717) is 18.8 Å². The molecule has 238 valence electrons. The van der Waals surface area contributed by atoms with E-state index in [4.69, 9.17) is 23.4 Å². The second-order valence-electron chi connectivity index (χ2n) is 11.1. The van der Waals surface area contributed by atoms with E-state index in [1.54, 1.807) is 0 Å². The molecule has 5 aromatic rings. The van der Waals surface area contributed by atoms with Crippen molar-refractivity contribution in [2.45, 2.75) is 50.7 Å². The van der Waals surface area contributed by atoms with Crippen LogP contribution in [0.5, 0.6) is 0 Å². The predicted octanol–water partition coefficient (Wildman–Crippen LogP) is 5.91. The summed E-state index contributed by atoms with van der Waals surface area (Å²) in [6.07, 6.45) is -1.34. The van der Waals surface area contributed by atoms with Gasteiger partial charge in [0, 0.05) is 5.56 Å². The molecule has 0 saturated carbocycles. The van der Waals surface area contributed by atoms with Gasteiger partial charge in [0.1, 0.15) is 29.4 Å². The number of rotatable bonds is 12. The number of furan rings is 1. The molecule has 0 bridgehead atoms. The lowest BCUT2D eigenvalue weighted by Gasteiger charge is -2.35. The molecular weight excluding hydrogens is 590 g/mol. The van der Waals surface area contributed by atoms with Crippen molar-refractivity contribution in [3.8, 4) is 0 Å². The minimum Gasteiger partial charge on any atom is -0.456 e. The Morgan fingerprint density at radius 2 is 1.52 bits per heavy atom. The van der Waals surface area contributed by atoms with E-state index in [2.05, 4.69) is 20.0 Å². The van der Waals surface area contributed by atoms with E-state index < -0.39 is 35.6 Å². The van der Waals surface area contributed by atoms with E-state index >= 15 is 0 Å². The summed E-state index contributed by atoms with van der Waals surface area (Å²) in [5.41, 5.74) is 1.94. The molecule has 0 spiro atoms. The fraction of sp³-hybridized carbons (Fsp3) is 0.286. The Balaban J connectivity index is 1.37. The van der Waals surface area contributed by atoms with Crippen LogP contribution in [0.15, 0.2) is 106 Å². The van der Waals surface area contributed by atoms with Gasteiger partial charge in [-0.25, -0.2) is 9.78 Å². The second-order valence-corrected chi connectivity index (χ2v) is 11.1. The van der Waals surface area contributed by atoms with Crippen LogP contribution >= 0.6 is 0 Å². The molecule has 6 rings (SSSR count). The lowest BCUT2D eigenvalue weighted by Crippen LogP contribution is -2.47. The molecule has 11 heteroatoms. The first kappa shape index (κ1) is 31.2. The van der Waals surface area contributed by atoms with Crippen molar-refractivity contribution in [1.29, 1.82) is 0 Å². The highest BCUT2D eigenvalue weighted by Crippen LogP contribution is 2.48. The van der Waals surface area contributed by atoms with Gasteiger partial charge >= 0.3 is 6.09 Å². The molecule has 1 amide bonds. The maximum absolute atomic E-state index is 12.9. The summed E-state index contributed by atoms with van der Waals surface area (Å²) in [6, 6.07) is 29.5. The molecular formula is C35H35N3O8. The normalized spacial score (nSPS) is 21.0. The number of nitrogens with one attached hydrogen (secondary N) is 2. The molecule has 0 radical (unpaired) electrons. The maximum Gasteiger partial charge on any atom is 0.413 e. The van der Waals surface area contributed by atoms with Gasteiger partial charge < -0.3 is 28.1 Å². The highest BCUT2D eigenvalue weighted by molar-refractivity contribution is 5.84. The molecule has 46 heavy (non-hydrogen) atoms. The quantitative estimate of drug-likeness (QED) is 0.173. The summed E-state index contributed by atoms with van der Waals surface area (Å²) in [5.74, 6) is -0.100. The van der Waals surface area contributed by atoms with Gasteiger partial charge in [-0.1, -0.05) is 91.0 Å². The summed E-state index contributed by atoms with van der Waals surface area (Å²) in [4.78, 5) is 31.8. The van der Waals surface area contributed by atoms with Gasteiger partial charge in [0.2, 0.25) is 11.5 Å². The zero-order chi connectivity index (χ0) is 31.9. The highest BCUT2D eigenvalue weighted by Gasteiger charge is 2.57. The fourth-order valence-electron chi connectivity index (χ4n) is 5.62. The SMILES string of the molecule is COC(=O)Nc1nc2c(C3OC(COCc4ccccc4)C(OCc4ccccc4)C3(C)OCc3ccccc3)coc2c(=O)[nH]1. The third-order valence-corrected chi connectivity index (χ3v) is 7.94. The Morgan fingerprint density at radius 1 is 0.913 bits per heavy atom. The van der Waals surface area contributed by atoms with Crippen LogP contribution in [0.4, 0.5) is 10.7 Å². The first-order valence-corrected chi connectivity index (χ1v) is 14.9. The zero-order valence-electron chi connectivity index (χ0n) is 25.5. The summed E-state index contributed by atoms with van der Waals surface area (Å²) < 4.78 is 36.7. The molecule has 4 atom stereocenters. The van der Waals surface area contributed by atoms with Crippen LogP contribution in [0.1, 0.15) is 35.3 Å². The molecule has 1 aliphatic heterocycles. The Morgan fingerprint density at radius 3 is 2.15 bits per heavy atom. The van der Waals surface area contributed by atoms with Crippen molar-refractivity contribution < 1.29 is 32.9 Å². The van der Waals surface area contributed by atoms with Crippen LogP contribution in [0.2, 0.25) is 0 Å². The number of carbonyl (C=O) groups excluding carboxylic acids is 1. The van der Waals surface area contributed by atoms with Gasteiger partial charge in [0.15, 0.2) is 0 Å². The third-order valence-electron chi connectivity index (χ3n) is 7.94. The Bertz CT molecular complexity index is 1790. The van der Waals surface area contributed by atoms with Crippen LogP contribution in [0.25, 0.3) is 11.1 Å². The van der Waals surface area contributed by atoms with Gasteiger partial charge in [0.05, 0.1) is 39.8 Å². The lowest BCUT2D eigenvalue weighted by molar-refractivity contribution is -0.147. The molecule has 1 saturated heterocycles. The number of aromatic nitrogens is 2. The number of ether oxygens (including phenoxy) is 5. The Kier molecular flexibility index (Phi) is 9.55. The number of benzene rings is 3. The van der Waals surface area contributed by atoms with Gasteiger partial charge in [0.25, 0.3) is 5.56 Å². The van der Waals surface area contributed by atoms with Crippen LogP contribution in [-0.4, -0.2) is 47.6 Å². The monoisotopic (exact) mass is 625 g/mol. The van der Waals surface area contributed by atoms with Crippen LogP contribution in [0.3, 0.4) is 0 Å². The molecule has 2 N–H and O–H groups in total. The highest BCUT2D eigenvalue weighted by atomic mass is 16.6. The number of methoxy groups -OCH3 is 1. The smallest absolute Gasteiger partial charge is 0.413 e. The van der Waals surface area contributed by atoms with E-state index in [1.165, 1.54) is 13.4 Å². The molecule has 1 fully saturated rings. The van der Waals surface area contributed by atoms with Crippen LogP contribution < -0.4 is 10.9 Å². The van der Waals surface area contributed by atoms with Gasteiger partial charge in [-0.05, 0) is 23.6 Å². The number of hydrogen-bond acceptors (Lipinski definition) is 9. The number of fused-ring (bicyclic) bond motifs is 1. The standard InChI is InChI=1S/C35H35N3O8/c1-35(45-20-25-16-10-5-11-17-25)30(26-21-43-29-28(26)36-33(37-32(29)39)38-34(40)41-2)46-27(22-42-18-23-12-6-3-7-13-23)31(35)44-19-24-14-8-4-9-15-24/h3-17,21,27,30-31H,18-20,22H2,1-2H3,(H2,36,37,38,39,40). The fourth-order valence-corrected chi connectivity index (χ4v) is 5.62. The second kappa shape index (κ2) is 14.1. The Labute approximate surface area is 265 Å². The molecule has 2 aromatic heterocycles. The average molecular weight is 626 g/mol. The number of carbonyl (C=O) groups is 1. The predicted molar refractivity (Wildman–Crippen MR) is 169 cm³/mol. The average Bonchev–Trinajstić information content (AvgIpc) is 3.62. The number of H-pyrrole nitrogens is 1. The van der Waals surface area contributed by atoms with E-state index in [9.17, 15) is 9.59 Å². The number of anilines is 1. The summed E-state index contributed by atoms with van der Waals surface area (Å²) in [7, 11) is 1.22. The first-order chi connectivity index (χ1) is 22.4. The number of aromatic amines is 1. The number of nitrogens with zero attached hydrogens (tertiary/aromatic N) is 1.